The van der Waals surface area contributed by atoms with Crippen LogP contribution < -0.4 is 0 Å². The van der Waals surface area contributed by atoms with Crippen molar-refractivity contribution < 1.29 is 0 Å². The smallest absolute Gasteiger partial charge is 0.138 e. The molecule has 2 nitrogen and oxygen atoms in total. The minimum Gasteiger partial charge on any atom is -0.285 e. The summed E-state index contributed by atoms with van der Waals surface area (Å²) in [5.41, 5.74) is 2.92. The molecule has 3 rings (SSSR count). The van der Waals surface area contributed by atoms with Gasteiger partial charge in [0.2, 0.25) is 0 Å². The lowest BCUT2D eigenvalue weighted by Crippen LogP contribution is -1.93. The first kappa shape index (κ1) is 13.8. The van der Waals surface area contributed by atoms with Crippen LogP contribution in [0.4, 0.5) is 0 Å². The Morgan fingerprint density at radius 2 is 1.76 bits per heavy atom. The molecule has 1 atom stereocenters. The van der Waals surface area contributed by atoms with Crippen LogP contribution in [-0.4, -0.2) is 11.2 Å². The number of rotatable bonds is 3. The van der Waals surface area contributed by atoms with Crippen molar-refractivity contribution in [3.8, 4) is 0 Å². The molecular weight excluding hydrogens is 280 g/mol. The first-order valence-electron chi connectivity index (χ1n) is 6.87. The third kappa shape index (κ3) is 3.11. The Morgan fingerprint density at radius 3 is 2.57 bits per heavy atom. The number of nitrogens with zero attached hydrogens (tertiary/aromatic N) is 2. The molecule has 21 heavy (non-hydrogen) atoms. The number of para-hydroxylation sites is 1. The van der Waals surface area contributed by atoms with E-state index in [1.807, 2.05) is 48.5 Å². The van der Waals surface area contributed by atoms with E-state index in [1.165, 1.54) is 5.56 Å². The van der Waals surface area contributed by atoms with E-state index in [2.05, 4.69) is 29.0 Å². The summed E-state index contributed by atoms with van der Waals surface area (Å²) >= 11 is 6.23. The molecule has 1 heterocycles. The highest BCUT2D eigenvalue weighted by Crippen LogP contribution is 2.21. The number of benzene rings is 2. The second-order valence-corrected chi connectivity index (χ2v) is 5.28. The Kier molecular flexibility index (Phi) is 3.98. The fourth-order valence-electron chi connectivity index (χ4n) is 2.21. The van der Waals surface area contributed by atoms with Crippen LogP contribution in [-0.2, 0) is 0 Å². The first-order chi connectivity index (χ1) is 10.2. The minimum absolute atomic E-state index is 0.0914. The largest absolute Gasteiger partial charge is 0.285 e. The van der Waals surface area contributed by atoms with Crippen LogP contribution in [0.5, 0.6) is 0 Å². The molecule has 0 saturated heterocycles. The van der Waals surface area contributed by atoms with Crippen LogP contribution in [0.25, 0.3) is 10.9 Å². The second-order valence-electron chi connectivity index (χ2n) is 4.93. The predicted octanol–water partition coefficient (Wildman–Crippen LogP) is 5.07. The Morgan fingerprint density at radius 1 is 1.05 bits per heavy atom. The summed E-state index contributed by atoms with van der Waals surface area (Å²) in [7, 11) is 0. The average molecular weight is 295 g/mol. The molecule has 0 N–H and O–H groups in total. The van der Waals surface area contributed by atoms with E-state index >= 15 is 0 Å². The molecule has 1 aromatic heterocycles. The molecule has 0 fully saturated rings. The molecule has 0 aliphatic heterocycles. The van der Waals surface area contributed by atoms with E-state index in [0.717, 1.165) is 16.5 Å². The zero-order chi connectivity index (χ0) is 14.7. The SMILES string of the molecule is C[C@H](N=Cc1cc2ccccc2nc1Cl)c1ccccc1. The predicted molar refractivity (Wildman–Crippen MR) is 89.2 cm³/mol. The maximum atomic E-state index is 6.23. The second kappa shape index (κ2) is 6.06. The van der Waals surface area contributed by atoms with E-state index in [9.17, 15) is 0 Å². The van der Waals surface area contributed by atoms with Crippen molar-refractivity contribution in [3.63, 3.8) is 0 Å². The van der Waals surface area contributed by atoms with Crippen LogP contribution in [0.1, 0.15) is 24.1 Å². The van der Waals surface area contributed by atoms with E-state index in [0.29, 0.717) is 5.15 Å². The minimum atomic E-state index is 0.0914. The summed E-state index contributed by atoms with van der Waals surface area (Å²) in [6.45, 7) is 2.06. The van der Waals surface area contributed by atoms with Gasteiger partial charge in [-0.2, -0.15) is 0 Å². The molecule has 0 aliphatic rings. The average Bonchev–Trinajstić information content (AvgIpc) is 2.53. The van der Waals surface area contributed by atoms with Gasteiger partial charge in [0.25, 0.3) is 0 Å². The molecular formula is C18H15ClN2. The molecule has 3 heteroatoms. The van der Waals surface area contributed by atoms with Crippen molar-refractivity contribution >= 4 is 28.7 Å². The summed E-state index contributed by atoms with van der Waals surface area (Å²) in [6, 6.07) is 20.2. The van der Waals surface area contributed by atoms with Crippen molar-refractivity contribution in [2.24, 2.45) is 4.99 Å². The summed E-state index contributed by atoms with van der Waals surface area (Å²) in [6.07, 6.45) is 1.80. The summed E-state index contributed by atoms with van der Waals surface area (Å²) < 4.78 is 0. The Hall–Kier alpha value is -2.19. The molecule has 0 spiro atoms. The standard InChI is InChI=1S/C18H15ClN2/c1-13(14-7-3-2-4-8-14)20-12-16-11-15-9-5-6-10-17(15)21-18(16)19/h2-13H,1H3/t13-/m0/s1. The lowest BCUT2D eigenvalue weighted by atomic mass is 10.1. The van der Waals surface area contributed by atoms with Gasteiger partial charge < -0.3 is 0 Å². The van der Waals surface area contributed by atoms with Gasteiger partial charge in [0.1, 0.15) is 5.15 Å². The maximum absolute atomic E-state index is 6.23. The van der Waals surface area contributed by atoms with Gasteiger partial charge in [-0.1, -0.05) is 60.1 Å². The number of halogens is 1. The van der Waals surface area contributed by atoms with Crippen LogP contribution in [0.3, 0.4) is 0 Å². The topological polar surface area (TPSA) is 25.2 Å². The normalized spacial score (nSPS) is 12.9. The van der Waals surface area contributed by atoms with Gasteiger partial charge >= 0.3 is 0 Å². The Labute approximate surface area is 129 Å². The fraction of sp³-hybridized carbons (Fsp3) is 0.111. The molecule has 3 aromatic rings. The van der Waals surface area contributed by atoms with E-state index in [-0.39, 0.29) is 6.04 Å². The van der Waals surface area contributed by atoms with Gasteiger partial charge in [0.05, 0.1) is 11.6 Å². The lowest BCUT2D eigenvalue weighted by Gasteiger charge is -2.06. The zero-order valence-corrected chi connectivity index (χ0v) is 12.5. The highest BCUT2D eigenvalue weighted by molar-refractivity contribution is 6.32. The van der Waals surface area contributed by atoms with Crippen molar-refractivity contribution in [1.82, 2.24) is 4.98 Å². The highest BCUT2D eigenvalue weighted by atomic mass is 35.5. The molecule has 0 radical (unpaired) electrons. The molecule has 0 aliphatic carbocycles. The lowest BCUT2D eigenvalue weighted by molar-refractivity contribution is 0.825. The highest BCUT2D eigenvalue weighted by Gasteiger charge is 2.04. The van der Waals surface area contributed by atoms with Crippen molar-refractivity contribution in [2.75, 3.05) is 0 Å². The molecule has 2 aromatic carbocycles. The van der Waals surface area contributed by atoms with Crippen molar-refractivity contribution in [1.29, 1.82) is 0 Å². The number of hydrogen-bond acceptors (Lipinski definition) is 2. The number of fused-ring (bicyclic) bond motifs is 1. The van der Waals surface area contributed by atoms with Gasteiger partial charge in [-0.05, 0) is 24.6 Å². The maximum Gasteiger partial charge on any atom is 0.138 e. The van der Waals surface area contributed by atoms with Crippen molar-refractivity contribution in [2.45, 2.75) is 13.0 Å². The number of aliphatic imine (C=N–C) groups is 1. The van der Waals surface area contributed by atoms with Gasteiger partial charge in [-0.3, -0.25) is 4.99 Å². The van der Waals surface area contributed by atoms with E-state index < -0.39 is 0 Å². The third-order valence-corrected chi connectivity index (χ3v) is 3.73. The molecule has 0 bridgehead atoms. The van der Waals surface area contributed by atoms with Gasteiger partial charge in [-0.15, -0.1) is 0 Å². The van der Waals surface area contributed by atoms with Crippen molar-refractivity contribution in [3.05, 3.63) is 76.9 Å². The van der Waals surface area contributed by atoms with Crippen LogP contribution in [0.15, 0.2) is 65.7 Å². The van der Waals surface area contributed by atoms with Gasteiger partial charge in [0, 0.05) is 17.2 Å². The Bertz CT molecular complexity index is 782. The van der Waals surface area contributed by atoms with Crippen LogP contribution in [0, 0.1) is 0 Å². The molecule has 104 valence electrons. The number of hydrogen-bond donors (Lipinski definition) is 0. The van der Waals surface area contributed by atoms with E-state index in [4.69, 9.17) is 11.6 Å². The van der Waals surface area contributed by atoms with Gasteiger partial charge in [0.15, 0.2) is 0 Å². The molecule has 0 unspecified atom stereocenters. The van der Waals surface area contributed by atoms with Crippen LogP contribution in [0.2, 0.25) is 5.15 Å². The Balaban J connectivity index is 1.90. The quantitative estimate of drug-likeness (QED) is 0.489. The van der Waals surface area contributed by atoms with E-state index in [1.54, 1.807) is 6.21 Å². The summed E-state index contributed by atoms with van der Waals surface area (Å²) in [5, 5.41) is 1.55. The summed E-state index contributed by atoms with van der Waals surface area (Å²) in [5.74, 6) is 0. The molecule has 0 saturated carbocycles. The fourth-order valence-corrected chi connectivity index (χ4v) is 2.40. The first-order valence-corrected chi connectivity index (χ1v) is 7.25. The number of pyridine rings is 1. The summed E-state index contributed by atoms with van der Waals surface area (Å²) in [4.78, 5) is 8.98. The monoisotopic (exact) mass is 294 g/mol. The molecule has 0 amide bonds. The number of aromatic nitrogens is 1. The van der Waals surface area contributed by atoms with Gasteiger partial charge in [-0.25, -0.2) is 4.98 Å². The van der Waals surface area contributed by atoms with Crippen LogP contribution >= 0.6 is 11.6 Å². The third-order valence-electron chi connectivity index (χ3n) is 3.42. The zero-order valence-electron chi connectivity index (χ0n) is 11.7.